The molecule has 1 aromatic carbocycles. The van der Waals surface area contributed by atoms with Crippen LogP contribution < -0.4 is 4.74 Å². The van der Waals surface area contributed by atoms with Gasteiger partial charge >= 0.3 is 0 Å². The first kappa shape index (κ1) is 19.7. The molecule has 0 bridgehead atoms. The van der Waals surface area contributed by atoms with E-state index in [1.807, 2.05) is 25.1 Å². The van der Waals surface area contributed by atoms with Crippen LogP contribution in [-0.2, 0) is 16.6 Å². The van der Waals surface area contributed by atoms with Crippen LogP contribution in [0.5, 0.6) is 5.75 Å². The van der Waals surface area contributed by atoms with Gasteiger partial charge in [0.05, 0.1) is 12.7 Å². The molecule has 0 atom stereocenters. The molecule has 25 heavy (non-hydrogen) atoms. The minimum absolute atomic E-state index is 0.115. The Hall–Kier alpha value is -1.64. The van der Waals surface area contributed by atoms with Gasteiger partial charge in [-0.25, -0.2) is 0 Å². The lowest BCUT2D eigenvalue weighted by Gasteiger charge is -2.24. The number of amides is 1. The largest absolute Gasteiger partial charge is 0.496 e. The van der Waals surface area contributed by atoms with E-state index < -0.39 is 10.2 Å². The molecule has 140 valence electrons. The summed E-state index contributed by atoms with van der Waals surface area (Å²) in [7, 11) is 1.13. The van der Waals surface area contributed by atoms with Gasteiger partial charge in [0, 0.05) is 40.3 Å². The van der Waals surface area contributed by atoms with E-state index in [1.165, 1.54) is 22.7 Å². The van der Waals surface area contributed by atoms with E-state index >= 15 is 0 Å². The number of benzene rings is 1. The van der Waals surface area contributed by atoms with Gasteiger partial charge in [-0.2, -0.15) is 17.0 Å². The van der Waals surface area contributed by atoms with E-state index in [2.05, 4.69) is 0 Å². The second-order valence-electron chi connectivity index (χ2n) is 6.22. The monoisotopic (exact) mass is 369 g/mol. The van der Waals surface area contributed by atoms with E-state index in [-0.39, 0.29) is 5.91 Å². The van der Waals surface area contributed by atoms with E-state index in [1.54, 1.807) is 12.0 Å². The fourth-order valence-corrected chi connectivity index (χ4v) is 4.01. The third-order valence-electron chi connectivity index (χ3n) is 4.43. The van der Waals surface area contributed by atoms with Crippen molar-refractivity contribution in [3.63, 3.8) is 0 Å². The fourth-order valence-electron chi connectivity index (χ4n) is 2.87. The summed E-state index contributed by atoms with van der Waals surface area (Å²) < 4.78 is 32.6. The first-order valence-electron chi connectivity index (χ1n) is 8.45. The lowest BCUT2D eigenvalue weighted by molar-refractivity contribution is 0.0760. The van der Waals surface area contributed by atoms with Crippen LogP contribution in [-0.4, -0.2) is 75.2 Å². The van der Waals surface area contributed by atoms with Gasteiger partial charge in [0.25, 0.3) is 16.1 Å². The molecule has 0 aromatic heterocycles. The minimum Gasteiger partial charge on any atom is -0.496 e. The minimum atomic E-state index is -3.46. The van der Waals surface area contributed by atoms with Gasteiger partial charge in [0.1, 0.15) is 5.75 Å². The Morgan fingerprint density at radius 2 is 1.92 bits per heavy atom. The van der Waals surface area contributed by atoms with Crippen molar-refractivity contribution in [1.82, 2.24) is 13.5 Å². The average molecular weight is 369 g/mol. The number of nitrogens with zero attached hydrogens (tertiary/aromatic N) is 3. The lowest BCUT2D eigenvalue weighted by atomic mass is 10.1. The van der Waals surface area contributed by atoms with Crippen molar-refractivity contribution in [1.29, 1.82) is 0 Å². The van der Waals surface area contributed by atoms with Crippen molar-refractivity contribution in [3.05, 3.63) is 29.3 Å². The Balaban J connectivity index is 2.19. The Kier molecular flexibility index (Phi) is 6.42. The van der Waals surface area contributed by atoms with Crippen molar-refractivity contribution in [2.45, 2.75) is 19.8 Å². The molecule has 0 spiro atoms. The van der Waals surface area contributed by atoms with Crippen LogP contribution >= 0.6 is 0 Å². The zero-order chi connectivity index (χ0) is 18.6. The smallest absolute Gasteiger partial charge is 0.281 e. The molecule has 1 amide bonds. The van der Waals surface area contributed by atoms with Crippen molar-refractivity contribution in [2.24, 2.45) is 0 Å². The number of carbonyl (C=O) groups is 1. The standard InChI is InChI=1S/C17H27N3O4S/c1-5-14-7-8-16(24-4)15(13-14)17(21)19-9-6-10-20(12-11-19)25(22,23)18(2)3/h7-8,13H,5-6,9-12H2,1-4H3. The summed E-state index contributed by atoms with van der Waals surface area (Å²) in [6.07, 6.45) is 1.44. The Morgan fingerprint density at radius 1 is 1.20 bits per heavy atom. The van der Waals surface area contributed by atoms with Crippen LogP contribution in [0.15, 0.2) is 18.2 Å². The summed E-state index contributed by atoms with van der Waals surface area (Å²) in [5.74, 6) is 0.431. The van der Waals surface area contributed by atoms with E-state index in [9.17, 15) is 13.2 Å². The maximum Gasteiger partial charge on any atom is 0.281 e. The van der Waals surface area contributed by atoms with Crippen molar-refractivity contribution in [3.8, 4) is 5.75 Å². The van der Waals surface area contributed by atoms with Gasteiger partial charge in [-0.1, -0.05) is 13.0 Å². The third-order valence-corrected chi connectivity index (χ3v) is 6.37. The zero-order valence-electron chi connectivity index (χ0n) is 15.4. The highest BCUT2D eigenvalue weighted by molar-refractivity contribution is 7.86. The summed E-state index contributed by atoms with van der Waals surface area (Å²) in [6, 6.07) is 5.62. The van der Waals surface area contributed by atoms with E-state index in [4.69, 9.17) is 4.74 Å². The summed E-state index contributed by atoms with van der Waals surface area (Å²) in [5.41, 5.74) is 1.60. The molecule has 1 aromatic rings. The summed E-state index contributed by atoms with van der Waals surface area (Å²) in [6.45, 7) is 3.63. The van der Waals surface area contributed by atoms with Crippen molar-refractivity contribution >= 4 is 16.1 Å². The molecule has 1 saturated heterocycles. The van der Waals surface area contributed by atoms with E-state index in [0.29, 0.717) is 43.9 Å². The number of methoxy groups -OCH3 is 1. The van der Waals surface area contributed by atoms with Gasteiger partial charge < -0.3 is 9.64 Å². The van der Waals surface area contributed by atoms with Crippen LogP contribution in [0.2, 0.25) is 0 Å². The highest BCUT2D eigenvalue weighted by Gasteiger charge is 2.29. The quantitative estimate of drug-likeness (QED) is 0.782. The van der Waals surface area contributed by atoms with Gasteiger partial charge in [-0.15, -0.1) is 0 Å². The molecule has 1 heterocycles. The van der Waals surface area contributed by atoms with Crippen molar-refractivity contribution in [2.75, 3.05) is 47.4 Å². The lowest BCUT2D eigenvalue weighted by Crippen LogP contribution is -2.42. The second kappa shape index (κ2) is 8.16. The number of carbonyl (C=O) groups excluding carboxylic acids is 1. The summed E-state index contributed by atoms with van der Waals surface area (Å²) in [4.78, 5) is 14.7. The van der Waals surface area contributed by atoms with Gasteiger partial charge in [0.15, 0.2) is 0 Å². The summed E-state index contributed by atoms with van der Waals surface area (Å²) in [5, 5.41) is 0. The van der Waals surface area contributed by atoms with Crippen molar-refractivity contribution < 1.29 is 17.9 Å². The highest BCUT2D eigenvalue weighted by atomic mass is 32.2. The third kappa shape index (κ3) is 4.31. The number of ether oxygens (including phenoxy) is 1. The molecule has 0 N–H and O–H groups in total. The Labute approximate surface area is 150 Å². The van der Waals surface area contributed by atoms with Crippen LogP contribution in [0.25, 0.3) is 0 Å². The van der Waals surface area contributed by atoms with Crippen LogP contribution in [0.4, 0.5) is 0 Å². The zero-order valence-corrected chi connectivity index (χ0v) is 16.2. The predicted molar refractivity (Wildman–Crippen MR) is 97.1 cm³/mol. The topological polar surface area (TPSA) is 70.2 Å². The predicted octanol–water partition coefficient (Wildman–Crippen LogP) is 1.21. The summed E-state index contributed by atoms with van der Waals surface area (Å²) >= 11 is 0. The maximum absolute atomic E-state index is 13.0. The molecule has 2 rings (SSSR count). The Morgan fingerprint density at radius 3 is 2.52 bits per heavy atom. The molecular formula is C17H27N3O4S. The number of rotatable bonds is 5. The molecule has 0 aliphatic carbocycles. The first-order chi connectivity index (χ1) is 11.8. The highest BCUT2D eigenvalue weighted by Crippen LogP contribution is 2.23. The maximum atomic E-state index is 13.0. The average Bonchev–Trinajstić information content (AvgIpc) is 2.87. The number of aryl methyl sites for hydroxylation is 1. The number of hydrogen-bond acceptors (Lipinski definition) is 4. The van der Waals surface area contributed by atoms with Gasteiger partial charge in [-0.3, -0.25) is 4.79 Å². The Bertz CT molecular complexity index is 719. The van der Waals surface area contributed by atoms with Gasteiger partial charge in [-0.05, 0) is 30.5 Å². The molecule has 1 fully saturated rings. The van der Waals surface area contributed by atoms with Crippen LogP contribution in [0.1, 0.15) is 29.3 Å². The first-order valence-corrected chi connectivity index (χ1v) is 9.84. The molecule has 0 radical (unpaired) electrons. The molecule has 7 nitrogen and oxygen atoms in total. The SMILES string of the molecule is CCc1ccc(OC)c(C(=O)N2CCCN(S(=O)(=O)N(C)C)CC2)c1. The molecule has 8 heteroatoms. The molecule has 1 aliphatic rings. The van der Waals surface area contributed by atoms with E-state index in [0.717, 1.165) is 12.0 Å². The van der Waals surface area contributed by atoms with Crippen LogP contribution in [0.3, 0.4) is 0 Å². The normalized spacial score (nSPS) is 16.8. The molecule has 0 saturated carbocycles. The molecular weight excluding hydrogens is 342 g/mol. The fraction of sp³-hybridized carbons (Fsp3) is 0.588. The molecule has 0 unspecified atom stereocenters. The molecule has 1 aliphatic heterocycles. The number of hydrogen-bond donors (Lipinski definition) is 0. The van der Waals surface area contributed by atoms with Gasteiger partial charge in [0.2, 0.25) is 0 Å². The second-order valence-corrected chi connectivity index (χ2v) is 8.37. The van der Waals surface area contributed by atoms with Crippen LogP contribution in [0, 0.1) is 0 Å².